The lowest BCUT2D eigenvalue weighted by Gasteiger charge is -2.06. The maximum Gasteiger partial charge on any atom is 0.255 e. The van der Waals surface area contributed by atoms with Gasteiger partial charge in [-0.15, -0.1) is 0 Å². The molecule has 0 saturated carbocycles. The van der Waals surface area contributed by atoms with Crippen molar-refractivity contribution in [2.24, 2.45) is 0 Å². The van der Waals surface area contributed by atoms with E-state index in [4.69, 9.17) is 0 Å². The molecule has 0 radical (unpaired) electrons. The highest BCUT2D eigenvalue weighted by Crippen LogP contribution is 2.21. The Labute approximate surface area is 147 Å². The molecule has 124 valence electrons. The van der Waals surface area contributed by atoms with E-state index in [-0.39, 0.29) is 11.7 Å². The molecule has 0 aliphatic rings. The van der Waals surface area contributed by atoms with Gasteiger partial charge in [-0.2, -0.15) is 28.2 Å². The lowest BCUT2D eigenvalue weighted by molar-refractivity contribution is 0.0957. The summed E-state index contributed by atoms with van der Waals surface area (Å²) in [7, 11) is 0. The number of rotatable bonds is 7. The first-order valence-corrected chi connectivity index (χ1v) is 9.50. The molecule has 0 atom stereocenters. The summed E-state index contributed by atoms with van der Waals surface area (Å²) in [5.41, 5.74) is 3.10. The SMILES string of the molecule is O=C(NCCSCc1ccsc1)c1cn[nH]c1-c1ccc(F)cc1. The Morgan fingerprint density at radius 1 is 1.29 bits per heavy atom. The number of nitrogens with zero attached hydrogens (tertiary/aromatic N) is 1. The molecule has 2 aromatic heterocycles. The molecule has 3 aromatic rings. The second-order valence-electron chi connectivity index (χ2n) is 5.11. The van der Waals surface area contributed by atoms with Crippen LogP contribution in [0.5, 0.6) is 0 Å². The molecule has 2 heterocycles. The van der Waals surface area contributed by atoms with Crippen molar-refractivity contribution in [3.8, 4) is 11.3 Å². The maximum absolute atomic E-state index is 13.0. The third kappa shape index (κ3) is 4.24. The Balaban J connectivity index is 1.52. The molecule has 24 heavy (non-hydrogen) atoms. The number of nitrogens with one attached hydrogen (secondary N) is 2. The number of carbonyl (C=O) groups excluding carboxylic acids is 1. The second-order valence-corrected chi connectivity index (χ2v) is 6.99. The highest BCUT2D eigenvalue weighted by atomic mass is 32.2. The van der Waals surface area contributed by atoms with Gasteiger partial charge in [0, 0.05) is 23.6 Å². The van der Waals surface area contributed by atoms with Crippen LogP contribution in [-0.2, 0) is 5.75 Å². The molecule has 7 heteroatoms. The highest BCUT2D eigenvalue weighted by Gasteiger charge is 2.14. The summed E-state index contributed by atoms with van der Waals surface area (Å²) in [6, 6.07) is 8.07. The third-order valence-corrected chi connectivity index (χ3v) is 5.16. The van der Waals surface area contributed by atoms with Crippen LogP contribution in [0.25, 0.3) is 11.3 Å². The van der Waals surface area contributed by atoms with Gasteiger partial charge in [0.2, 0.25) is 0 Å². The molecule has 3 rings (SSSR count). The third-order valence-electron chi connectivity index (χ3n) is 3.40. The van der Waals surface area contributed by atoms with Crippen LogP contribution in [-0.4, -0.2) is 28.4 Å². The summed E-state index contributed by atoms with van der Waals surface area (Å²) >= 11 is 3.47. The van der Waals surface area contributed by atoms with E-state index < -0.39 is 0 Å². The minimum absolute atomic E-state index is 0.181. The summed E-state index contributed by atoms with van der Waals surface area (Å²) < 4.78 is 13.0. The average Bonchev–Trinajstić information content (AvgIpc) is 3.26. The number of H-pyrrole nitrogens is 1. The van der Waals surface area contributed by atoms with Gasteiger partial charge in [0.15, 0.2) is 0 Å². The van der Waals surface area contributed by atoms with E-state index in [1.165, 1.54) is 23.9 Å². The number of hydrogen-bond acceptors (Lipinski definition) is 4. The van der Waals surface area contributed by atoms with E-state index in [1.54, 1.807) is 35.2 Å². The van der Waals surface area contributed by atoms with Crippen LogP contribution in [0.4, 0.5) is 4.39 Å². The number of halogens is 1. The van der Waals surface area contributed by atoms with Gasteiger partial charge in [-0.1, -0.05) is 0 Å². The van der Waals surface area contributed by atoms with Gasteiger partial charge in [-0.05, 0) is 46.7 Å². The number of benzene rings is 1. The van der Waals surface area contributed by atoms with Crippen LogP contribution in [0.2, 0.25) is 0 Å². The molecule has 0 aliphatic carbocycles. The average molecular weight is 361 g/mol. The van der Waals surface area contributed by atoms with E-state index in [1.807, 2.05) is 0 Å². The van der Waals surface area contributed by atoms with Crippen molar-refractivity contribution >= 4 is 29.0 Å². The lowest BCUT2D eigenvalue weighted by atomic mass is 10.1. The molecule has 4 nitrogen and oxygen atoms in total. The Morgan fingerprint density at radius 2 is 2.12 bits per heavy atom. The predicted octanol–water partition coefficient (Wildman–Crippen LogP) is 3.94. The van der Waals surface area contributed by atoms with Crippen LogP contribution >= 0.6 is 23.1 Å². The molecular weight excluding hydrogens is 345 g/mol. The van der Waals surface area contributed by atoms with Gasteiger partial charge in [0.05, 0.1) is 17.5 Å². The standard InChI is InChI=1S/C17H16FN3OS2/c18-14-3-1-13(2-4-14)16-15(9-20-21-16)17(22)19-6-8-24-11-12-5-7-23-10-12/h1-5,7,9-10H,6,8,11H2,(H,19,22)(H,20,21). The minimum atomic E-state index is -0.313. The monoisotopic (exact) mass is 361 g/mol. The Kier molecular flexibility index (Phi) is 5.66. The first kappa shape index (κ1) is 16.7. The topological polar surface area (TPSA) is 57.8 Å². The first-order chi connectivity index (χ1) is 11.7. The van der Waals surface area contributed by atoms with Crippen molar-refractivity contribution in [3.63, 3.8) is 0 Å². The normalized spacial score (nSPS) is 10.7. The molecule has 1 aromatic carbocycles. The molecule has 0 spiro atoms. The van der Waals surface area contributed by atoms with Crippen molar-refractivity contribution in [2.45, 2.75) is 5.75 Å². The van der Waals surface area contributed by atoms with Gasteiger partial charge in [-0.25, -0.2) is 4.39 Å². The Hall–Kier alpha value is -2.12. The van der Waals surface area contributed by atoms with Crippen molar-refractivity contribution in [3.05, 3.63) is 64.2 Å². The van der Waals surface area contributed by atoms with Crippen LogP contribution in [0.3, 0.4) is 0 Å². The number of thioether (sulfide) groups is 1. The summed E-state index contributed by atoms with van der Waals surface area (Å²) in [5, 5.41) is 13.8. The number of thiophene rings is 1. The summed E-state index contributed by atoms with van der Waals surface area (Å²) in [6.07, 6.45) is 1.49. The van der Waals surface area contributed by atoms with Gasteiger partial charge in [0.1, 0.15) is 5.82 Å². The van der Waals surface area contributed by atoms with Gasteiger partial charge in [0.25, 0.3) is 5.91 Å². The fourth-order valence-corrected chi connectivity index (χ4v) is 3.77. The van der Waals surface area contributed by atoms with Crippen LogP contribution in [0, 0.1) is 5.82 Å². The molecular formula is C17H16FN3OS2. The van der Waals surface area contributed by atoms with Crippen molar-refractivity contribution in [1.82, 2.24) is 15.5 Å². The summed E-state index contributed by atoms with van der Waals surface area (Å²) in [4.78, 5) is 12.3. The van der Waals surface area contributed by atoms with E-state index >= 15 is 0 Å². The fourth-order valence-electron chi connectivity index (χ4n) is 2.19. The Bertz CT molecular complexity index is 785. The quantitative estimate of drug-likeness (QED) is 0.627. The molecule has 0 fully saturated rings. The molecule has 0 aliphatic heterocycles. The molecule has 0 bridgehead atoms. The molecule has 0 unspecified atom stereocenters. The highest BCUT2D eigenvalue weighted by molar-refractivity contribution is 7.98. The van der Waals surface area contributed by atoms with Crippen molar-refractivity contribution in [2.75, 3.05) is 12.3 Å². The van der Waals surface area contributed by atoms with Crippen molar-refractivity contribution < 1.29 is 9.18 Å². The smallest absolute Gasteiger partial charge is 0.255 e. The second kappa shape index (κ2) is 8.12. The number of aromatic nitrogens is 2. The minimum Gasteiger partial charge on any atom is -0.351 e. The van der Waals surface area contributed by atoms with Gasteiger partial charge in [-0.3, -0.25) is 9.89 Å². The number of hydrogen-bond donors (Lipinski definition) is 2. The van der Waals surface area contributed by atoms with E-state index in [9.17, 15) is 9.18 Å². The maximum atomic E-state index is 13.0. The van der Waals surface area contributed by atoms with E-state index in [2.05, 4.69) is 32.3 Å². The van der Waals surface area contributed by atoms with Gasteiger partial charge >= 0.3 is 0 Å². The number of amides is 1. The van der Waals surface area contributed by atoms with Crippen molar-refractivity contribution in [1.29, 1.82) is 0 Å². The van der Waals surface area contributed by atoms with Crippen LogP contribution in [0.15, 0.2) is 47.3 Å². The molecule has 0 saturated heterocycles. The molecule has 2 N–H and O–H groups in total. The van der Waals surface area contributed by atoms with E-state index in [0.717, 1.165) is 17.1 Å². The largest absolute Gasteiger partial charge is 0.351 e. The van der Waals surface area contributed by atoms with Crippen LogP contribution < -0.4 is 5.32 Å². The van der Waals surface area contributed by atoms with E-state index in [0.29, 0.717) is 17.8 Å². The lowest BCUT2D eigenvalue weighted by Crippen LogP contribution is -2.25. The zero-order valence-electron chi connectivity index (χ0n) is 12.8. The zero-order chi connectivity index (χ0) is 16.8. The number of aromatic amines is 1. The fraction of sp³-hybridized carbons (Fsp3) is 0.176. The Morgan fingerprint density at radius 3 is 2.88 bits per heavy atom. The predicted molar refractivity (Wildman–Crippen MR) is 96.8 cm³/mol. The zero-order valence-corrected chi connectivity index (χ0v) is 14.4. The first-order valence-electron chi connectivity index (χ1n) is 7.40. The van der Waals surface area contributed by atoms with Gasteiger partial charge < -0.3 is 5.32 Å². The summed E-state index contributed by atoms with van der Waals surface area (Å²) in [6.45, 7) is 0.585. The van der Waals surface area contributed by atoms with Crippen LogP contribution in [0.1, 0.15) is 15.9 Å². The number of carbonyl (C=O) groups is 1. The molecule has 1 amide bonds. The summed E-state index contributed by atoms with van der Waals surface area (Å²) in [5.74, 6) is 1.29.